The first kappa shape index (κ1) is 32.4. The van der Waals surface area contributed by atoms with Crippen molar-refractivity contribution in [2.45, 2.75) is 69.3 Å². The predicted molar refractivity (Wildman–Crippen MR) is 156 cm³/mol. The largest absolute Gasteiger partial charge is 0.416 e. The van der Waals surface area contributed by atoms with Crippen molar-refractivity contribution in [1.82, 2.24) is 24.6 Å². The maximum Gasteiger partial charge on any atom is 0.416 e. The molecule has 3 heterocycles. The smallest absolute Gasteiger partial charge is 0.316 e. The molecular formula is C32H35F7N6O. The van der Waals surface area contributed by atoms with Gasteiger partial charge in [0, 0.05) is 63.4 Å². The molecule has 3 aliphatic rings. The number of alkyl halides is 7. The topological polar surface area (TPSA) is 57.5 Å². The van der Waals surface area contributed by atoms with E-state index in [4.69, 9.17) is 0 Å². The first-order valence-corrected chi connectivity index (χ1v) is 15.1. The maximum absolute atomic E-state index is 16.0. The SMILES string of the molecule is CC(C)[C@H]1CN(C)CCN1Cc1cc2c(c(C(F)(F)F)c1)CN(c1cccc(C3(C(F)(F)c4nncn4C)CC(F)(F)C3)c1)C2=O. The highest BCUT2D eigenvalue weighted by Crippen LogP contribution is 2.63. The number of benzene rings is 2. The van der Waals surface area contributed by atoms with Gasteiger partial charge in [0.05, 0.1) is 17.5 Å². The molecule has 0 spiro atoms. The van der Waals surface area contributed by atoms with E-state index in [2.05, 4.69) is 33.8 Å². The van der Waals surface area contributed by atoms with Gasteiger partial charge in [-0.05, 0) is 53.9 Å². The summed E-state index contributed by atoms with van der Waals surface area (Å²) in [7, 11) is 3.28. The monoisotopic (exact) mass is 652 g/mol. The van der Waals surface area contributed by atoms with Crippen LogP contribution >= 0.6 is 0 Å². The van der Waals surface area contributed by atoms with Gasteiger partial charge in [-0.25, -0.2) is 8.78 Å². The van der Waals surface area contributed by atoms with Crippen LogP contribution in [-0.4, -0.2) is 69.1 Å². The van der Waals surface area contributed by atoms with Crippen LogP contribution < -0.4 is 4.90 Å². The molecule has 7 nitrogen and oxygen atoms in total. The molecule has 2 fully saturated rings. The number of carbonyl (C=O) groups is 1. The molecule has 1 saturated heterocycles. The summed E-state index contributed by atoms with van der Waals surface area (Å²) in [5.74, 6) is -8.49. The lowest BCUT2D eigenvalue weighted by Gasteiger charge is -2.51. The highest BCUT2D eigenvalue weighted by atomic mass is 19.4. The summed E-state index contributed by atoms with van der Waals surface area (Å²) >= 11 is 0. The third kappa shape index (κ3) is 5.36. The van der Waals surface area contributed by atoms with Gasteiger partial charge in [-0.3, -0.25) is 9.69 Å². The van der Waals surface area contributed by atoms with Crippen molar-refractivity contribution in [2.24, 2.45) is 13.0 Å². The summed E-state index contributed by atoms with van der Waals surface area (Å²) in [5, 5.41) is 6.98. The number of anilines is 1. The fourth-order valence-electron chi connectivity index (χ4n) is 7.27. The summed E-state index contributed by atoms with van der Waals surface area (Å²) in [6.07, 6.45) is -6.06. The summed E-state index contributed by atoms with van der Waals surface area (Å²) < 4.78 is 105. The zero-order valence-electron chi connectivity index (χ0n) is 25.9. The molecule has 14 heteroatoms. The van der Waals surface area contributed by atoms with Gasteiger partial charge in [-0.15, -0.1) is 10.2 Å². The lowest BCUT2D eigenvalue weighted by molar-refractivity contribution is -0.224. The van der Waals surface area contributed by atoms with Crippen LogP contribution in [0.15, 0.2) is 42.7 Å². The standard InChI is InChI=1S/C32H35F7N6O/c1-19(2)26-15-42(3)8-9-44(26)13-20-10-23-24(25(11-20)32(37,38)39)14-45(27(23)46)22-7-5-6-21(12-22)29(16-30(33,34)17-29)31(35,36)28-41-40-18-43(28)4/h5-7,10-12,18-19,26H,8-9,13-17H2,1-4H3/t26-/m1/s1. The van der Waals surface area contributed by atoms with Crippen LogP contribution in [0.3, 0.4) is 0 Å². The van der Waals surface area contributed by atoms with Crippen LogP contribution in [0.25, 0.3) is 0 Å². The predicted octanol–water partition coefficient (Wildman–Crippen LogP) is 6.23. The number of nitrogens with zero attached hydrogens (tertiary/aromatic N) is 6. The van der Waals surface area contributed by atoms with Crippen LogP contribution in [0.2, 0.25) is 0 Å². The van der Waals surface area contributed by atoms with Gasteiger partial charge in [-0.2, -0.15) is 22.0 Å². The molecule has 0 unspecified atom stereocenters. The van der Waals surface area contributed by atoms with Gasteiger partial charge in [0.25, 0.3) is 5.91 Å². The molecule has 1 amide bonds. The molecule has 2 aliphatic heterocycles. The molecule has 1 aliphatic carbocycles. The Morgan fingerprint density at radius 1 is 1.02 bits per heavy atom. The average molecular weight is 653 g/mol. The van der Waals surface area contributed by atoms with E-state index in [0.29, 0.717) is 12.1 Å². The van der Waals surface area contributed by atoms with E-state index in [-0.39, 0.29) is 40.9 Å². The summed E-state index contributed by atoms with van der Waals surface area (Å²) in [5.41, 5.74) is -3.40. The van der Waals surface area contributed by atoms with E-state index < -0.39 is 60.1 Å². The Kier molecular flexibility index (Phi) is 7.78. The molecule has 46 heavy (non-hydrogen) atoms. The van der Waals surface area contributed by atoms with E-state index in [0.717, 1.165) is 35.0 Å². The number of halogens is 7. The van der Waals surface area contributed by atoms with Crippen molar-refractivity contribution >= 4 is 11.6 Å². The third-order valence-electron chi connectivity index (χ3n) is 9.72. The van der Waals surface area contributed by atoms with E-state index in [1.807, 2.05) is 7.05 Å². The molecule has 1 atom stereocenters. The number of hydrogen-bond donors (Lipinski definition) is 0. The molecule has 0 bridgehead atoms. The Balaban J connectivity index is 1.36. The summed E-state index contributed by atoms with van der Waals surface area (Å²) in [6.45, 7) is 6.09. The second-order valence-corrected chi connectivity index (χ2v) is 13.3. The van der Waals surface area contributed by atoms with Gasteiger partial charge in [0.2, 0.25) is 11.7 Å². The van der Waals surface area contributed by atoms with Crippen molar-refractivity contribution in [3.63, 3.8) is 0 Å². The van der Waals surface area contributed by atoms with Crippen LogP contribution in [0.4, 0.5) is 36.4 Å². The molecule has 0 radical (unpaired) electrons. The molecule has 3 aromatic rings. The van der Waals surface area contributed by atoms with E-state index in [9.17, 15) is 26.7 Å². The Morgan fingerprint density at radius 2 is 1.74 bits per heavy atom. The molecule has 6 rings (SSSR count). The maximum atomic E-state index is 16.0. The number of fused-ring (bicyclic) bond motifs is 1. The molecule has 2 aromatic carbocycles. The molecule has 1 aromatic heterocycles. The highest BCUT2D eigenvalue weighted by Gasteiger charge is 2.71. The minimum atomic E-state index is -4.75. The lowest BCUT2D eigenvalue weighted by Crippen LogP contribution is -2.59. The second-order valence-electron chi connectivity index (χ2n) is 13.3. The van der Waals surface area contributed by atoms with E-state index in [1.54, 1.807) is 0 Å². The summed E-state index contributed by atoms with van der Waals surface area (Å²) in [4.78, 5) is 19.2. The average Bonchev–Trinajstić information content (AvgIpc) is 3.54. The van der Waals surface area contributed by atoms with Crippen LogP contribution in [0.5, 0.6) is 0 Å². The van der Waals surface area contributed by atoms with Gasteiger partial charge in [-0.1, -0.05) is 26.0 Å². The fraction of sp³-hybridized carbons (Fsp3) is 0.531. The van der Waals surface area contributed by atoms with Gasteiger partial charge < -0.3 is 14.4 Å². The lowest BCUT2D eigenvalue weighted by atomic mass is 9.58. The summed E-state index contributed by atoms with van der Waals surface area (Å²) in [6, 6.07) is 7.93. The van der Waals surface area contributed by atoms with Gasteiger partial charge in [0.1, 0.15) is 6.33 Å². The van der Waals surface area contributed by atoms with Crippen LogP contribution in [0.1, 0.15) is 65.1 Å². The van der Waals surface area contributed by atoms with Crippen molar-refractivity contribution in [3.8, 4) is 0 Å². The number of likely N-dealkylation sites (N-methyl/N-ethyl adjacent to an activating group) is 1. The molecule has 0 N–H and O–H groups in total. The quantitative estimate of drug-likeness (QED) is 0.284. The van der Waals surface area contributed by atoms with Crippen LogP contribution in [0, 0.1) is 5.92 Å². The molecule has 1 saturated carbocycles. The van der Waals surface area contributed by atoms with Crippen molar-refractivity contribution < 1.29 is 35.5 Å². The van der Waals surface area contributed by atoms with Gasteiger partial charge in [0.15, 0.2) is 0 Å². The minimum Gasteiger partial charge on any atom is -0.316 e. The van der Waals surface area contributed by atoms with E-state index >= 15 is 8.78 Å². The Morgan fingerprint density at radius 3 is 2.35 bits per heavy atom. The Bertz CT molecular complexity index is 1640. The normalized spacial score (nSPS) is 22.0. The Labute approximate surface area is 262 Å². The van der Waals surface area contributed by atoms with Crippen molar-refractivity contribution in [2.75, 3.05) is 31.6 Å². The zero-order valence-corrected chi connectivity index (χ0v) is 25.9. The number of carbonyl (C=O) groups excluding carboxylic acids is 1. The zero-order chi connectivity index (χ0) is 33.4. The van der Waals surface area contributed by atoms with Crippen molar-refractivity contribution in [1.29, 1.82) is 0 Å². The van der Waals surface area contributed by atoms with Gasteiger partial charge >= 0.3 is 12.1 Å². The molecule has 248 valence electrons. The number of aromatic nitrogens is 3. The number of rotatable bonds is 7. The number of amides is 1. The third-order valence-corrected chi connectivity index (χ3v) is 9.72. The number of hydrogen-bond acceptors (Lipinski definition) is 5. The second kappa shape index (κ2) is 11.0. The highest BCUT2D eigenvalue weighted by molar-refractivity contribution is 6.10. The van der Waals surface area contributed by atoms with Crippen LogP contribution in [-0.2, 0) is 37.7 Å². The van der Waals surface area contributed by atoms with Crippen molar-refractivity contribution in [3.05, 3.63) is 76.4 Å². The number of piperazine rings is 1. The number of aryl methyl sites for hydroxylation is 1. The first-order valence-electron chi connectivity index (χ1n) is 15.1. The molecular weight excluding hydrogens is 617 g/mol. The Hall–Kier alpha value is -3.52. The minimum absolute atomic E-state index is 0.0377. The first-order chi connectivity index (χ1) is 21.4. The van der Waals surface area contributed by atoms with E-state index in [1.165, 1.54) is 37.4 Å². The fourth-order valence-corrected chi connectivity index (χ4v) is 7.27.